The molecular weight excluding hydrogens is 287 g/mol. The quantitative estimate of drug-likeness (QED) is 0.832. The Kier molecular flexibility index (Phi) is 3.12. The van der Waals surface area contributed by atoms with Crippen molar-refractivity contribution in [2.45, 2.75) is 18.6 Å². The van der Waals surface area contributed by atoms with Gasteiger partial charge in [0, 0.05) is 6.54 Å². The van der Waals surface area contributed by atoms with Crippen LogP contribution in [0, 0.1) is 0 Å². The van der Waals surface area contributed by atoms with Crippen molar-refractivity contribution in [2.75, 3.05) is 13.1 Å². The molecule has 1 atom stereocenters. The molecule has 1 aliphatic rings. The highest BCUT2D eigenvalue weighted by atomic mass is 19.4. The lowest BCUT2D eigenvalue weighted by Gasteiger charge is -2.15. The van der Waals surface area contributed by atoms with Crippen molar-refractivity contribution >= 4 is 10.9 Å². The molecule has 21 heavy (non-hydrogen) atoms. The molecule has 1 fully saturated rings. The van der Waals surface area contributed by atoms with Gasteiger partial charge >= 0.3 is 11.9 Å². The van der Waals surface area contributed by atoms with Gasteiger partial charge < -0.3 is 10.3 Å². The van der Waals surface area contributed by atoms with Crippen LogP contribution in [0.3, 0.4) is 0 Å². The lowest BCUT2D eigenvalue weighted by Crippen LogP contribution is -2.39. The number of benzene rings is 1. The molecule has 0 bridgehead atoms. The van der Waals surface area contributed by atoms with E-state index in [2.05, 4.69) is 10.3 Å². The number of nitrogens with one attached hydrogen (secondary N) is 2. The summed E-state index contributed by atoms with van der Waals surface area (Å²) < 4.78 is 40.1. The van der Waals surface area contributed by atoms with Gasteiger partial charge in [-0.2, -0.15) is 13.2 Å². The minimum atomic E-state index is -4.65. The third-order valence-electron chi connectivity index (χ3n) is 3.66. The lowest BCUT2D eigenvalue weighted by atomic mass is 10.1. The zero-order chi connectivity index (χ0) is 15.2. The van der Waals surface area contributed by atoms with Gasteiger partial charge in [-0.15, -0.1) is 0 Å². The molecule has 8 heteroatoms. The monoisotopic (exact) mass is 299 g/mol. The van der Waals surface area contributed by atoms with Gasteiger partial charge in [0.15, 0.2) is 0 Å². The molecule has 0 saturated carbocycles. The zero-order valence-corrected chi connectivity index (χ0v) is 10.8. The molecule has 1 aromatic carbocycles. The number of halogens is 3. The second-order valence-electron chi connectivity index (χ2n) is 4.98. The molecular formula is C13H12F3N3O2. The number of rotatable bonds is 1. The van der Waals surface area contributed by atoms with Crippen molar-refractivity contribution < 1.29 is 13.2 Å². The molecule has 0 aliphatic carbocycles. The Morgan fingerprint density at radius 1 is 1.24 bits per heavy atom. The maximum atomic E-state index is 13.1. The Labute approximate surface area is 116 Å². The third-order valence-corrected chi connectivity index (χ3v) is 3.66. The molecule has 0 radical (unpaired) electrons. The lowest BCUT2D eigenvalue weighted by molar-refractivity contribution is -0.136. The summed E-state index contributed by atoms with van der Waals surface area (Å²) in [6.07, 6.45) is -4.12. The number of alkyl halides is 3. The molecule has 2 N–H and O–H groups in total. The summed E-state index contributed by atoms with van der Waals surface area (Å²) >= 11 is 0. The van der Waals surface area contributed by atoms with E-state index < -0.39 is 34.4 Å². The molecule has 1 unspecified atom stereocenters. The smallest absolute Gasteiger partial charge is 0.315 e. The Balaban J connectivity index is 2.37. The molecule has 1 aromatic heterocycles. The first-order chi connectivity index (χ1) is 9.89. The number of aromatic amines is 1. The number of aromatic nitrogens is 2. The van der Waals surface area contributed by atoms with E-state index in [1.165, 1.54) is 12.1 Å². The van der Waals surface area contributed by atoms with Crippen LogP contribution >= 0.6 is 0 Å². The number of hydrogen-bond acceptors (Lipinski definition) is 3. The van der Waals surface area contributed by atoms with Gasteiger partial charge in [0.05, 0.1) is 22.5 Å². The summed E-state index contributed by atoms with van der Waals surface area (Å²) in [5, 5.41) is 2.49. The van der Waals surface area contributed by atoms with Crippen LogP contribution in [0.5, 0.6) is 0 Å². The maximum absolute atomic E-state index is 13.1. The highest BCUT2D eigenvalue weighted by Gasteiger charge is 2.34. The molecule has 0 amide bonds. The summed E-state index contributed by atoms with van der Waals surface area (Å²) in [4.78, 5) is 26.8. The number of nitrogens with zero attached hydrogens (tertiary/aromatic N) is 1. The van der Waals surface area contributed by atoms with Gasteiger partial charge in [0.2, 0.25) is 0 Å². The zero-order valence-electron chi connectivity index (χ0n) is 10.8. The first-order valence-corrected chi connectivity index (χ1v) is 6.45. The van der Waals surface area contributed by atoms with Crippen molar-refractivity contribution in [3.8, 4) is 0 Å². The van der Waals surface area contributed by atoms with Crippen LogP contribution in [0.2, 0.25) is 0 Å². The largest absolute Gasteiger partial charge is 0.417 e. The van der Waals surface area contributed by atoms with Gasteiger partial charge in [-0.1, -0.05) is 6.07 Å². The molecule has 1 aliphatic heterocycles. The van der Waals surface area contributed by atoms with E-state index in [-0.39, 0.29) is 5.52 Å². The van der Waals surface area contributed by atoms with E-state index in [9.17, 15) is 22.8 Å². The van der Waals surface area contributed by atoms with Gasteiger partial charge in [-0.05, 0) is 25.1 Å². The minimum absolute atomic E-state index is 0.0953. The number of fused-ring (bicyclic) bond motifs is 1. The van der Waals surface area contributed by atoms with Gasteiger partial charge in [0.25, 0.3) is 5.56 Å². The second-order valence-corrected chi connectivity index (χ2v) is 4.98. The second kappa shape index (κ2) is 4.73. The summed E-state index contributed by atoms with van der Waals surface area (Å²) in [6, 6.07) is 2.89. The van der Waals surface area contributed by atoms with Gasteiger partial charge in [0.1, 0.15) is 0 Å². The predicted molar refractivity (Wildman–Crippen MR) is 70.4 cm³/mol. The molecule has 2 heterocycles. The Morgan fingerprint density at radius 3 is 2.62 bits per heavy atom. The fraction of sp³-hybridized carbons (Fsp3) is 0.385. The Bertz CT molecular complexity index is 801. The third kappa shape index (κ3) is 2.25. The van der Waals surface area contributed by atoms with Crippen LogP contribution in [-0.2, 0) is 6.18 Å². The maximum Gasteiger partial charge on any atom is 0.417 e. The first-order valence-electron chi connectivity index (χ1n) is 6.45. The molecule has 3 rings (SSSR count). The van der Waals surface area contributed by atoms with E-state index in [1.54, 1.807) is 0 Å². The molecule has 1 saturated heterocycles. The van der Waals surface area contributed by atoms with Crippen LogP contribution < -0.4 is 16.6 Å². The minimum Gasteiger partial charge on any atom is -0.315 e. The Morgan fingerprint density at radius 2 is 2.00 bits per heavy atom. The van der Waals surface area contributed by atoms with Crippen molar-refractivity contribution in [1.29, 1.82) is 0 Å². The van der Waals surface area contributed by atoms with Crippen LogP contribution in [0.1, 0.15) is 18.0 Å². The van der Waals surface area contributed by atoms with Crippen molar-refractivity contribution in [3.63, 3.8) is 0 Å². The standard InChI is InChI=1S/C13H12F3N3O2/c14-13(15,16)8-2-1-3-9-10(8)11(20)19(12(21)18-9)7-4-5-17-6-7/h1-3,7,17H,4-6H2,(H,18,21). The van der Waals surface area contributed by atoms with Crippen molar-refractivity contribution in [2.24, 2.45) is 0 Å². The van der Waals surface area contributed by atoms with Gasteiger partial charge in [-0.25, -0.2) is 4.79 Å². The predicted octanol–water partition coefficient (Wildman–Crippen LogP) is 1.24. The van der Waals surface area contributed by atoms with E-state index in [1.807, 2.05) is 0 Å². The summed E-state index contributed by atoms with van der Waals surface area (Å²) in [7, 11) is 0. The number of hydrogen-bond donors (Lipinski definition) is 2. The van der Waals surface area contributed by atoms with Crippen LogP contribution in [0.15, 0.2) is 27.8 Å². The van der Waals surface area contributed by atoms with E-state index in [0.717, 1.165) is 10.6 Å². The highest BCUT2D eigenvalue weighted by Crippen LogP contribution is 2.32. The summed E-state index contributed by atoms with van der Waals surface area (Å²) in [5.41, 5.74) is -2.70. The van der Waals surface area contributed by atoms with Crippen molar-refractivity contribution in [3.05, 3.63) is 44.6 Å². The molecule has 112 valence electrons. The molecule has 0 spiro atoms. The van der Waals surface area contributed by atoms with E-state index in [4.69, 9.17) is 0 Å². The SMILES string of the molecule is O=c1[nH]c2cccc(C(F)(F)F)c2c(=O)n1C1CCNC1. The molecule has 5 nitrogen and oxygen atoms in total. The first kappa shape index (κ1) is 13.9. The van der Waals surface area contributed by atoms with E-state index >= 15 is 0 Å². The van der Waals surface area contributed by atoms with Crippen molar-refractivity contribution in [1.82, 2.24) is 14.9 Å². The molecule has 2 aromatic rings. The highest BCUT2D eigenvalue weighted by molar-refractivity contribution is 5.81. The summed E-state index contributed by atoms with van der Waals surface area (Å²) in [5.74, 6) is 0. The van der Waals surface area contributed by atoms with Gasteiger partial charge in [-0.3, -0.25) is 9.36 Å². The van der Waals surface area contributed by atoms with Crippen LogP contribution in [0.4, 0.5) is 13.2 Å². The fourth-order valence-electron chi connectivity index (χ4n) is 2.70. The summed E-state index contributed by atoms with van der Waals surface area (Å²) in [6.45, 7) is 1.01. The average molecular weight is 299 g/mol. The fourth-order valence-corrected chi connectivity index (χ4v) is 2.70. The van der Waals surface area contributed by atoms with E-state index in [0.29, 0.717) is 19.5 Å². The van der Waals surface area contributed by atoms with Crippen LogP contribution in [0.25, 0.3) is 10.9 Å². The normalized spacial score (nSPS) is 19.3. The number of H-pyrrole nitrogens is 1. The topological polar surface area (TPSA) is 66.9 Å². The average Bonchev–Trinajstić information content (AvgIpc) is 2.90. The van der Waals surface area contributed by atoms with Crippen LogP contribution in [-0.4, -0.2) is 22.6 Å². The Hall–Kier alpha value is -2.09.